The molecule has 6 rings (SSSR count). The molecule has 0 unspecified atom stereocenters. The second-order valence-electron chi connectivity index (χ2n) is 5.71. The molecule has 14 heavy (non-hydrogen) atoms. The molecular formula is C10H12ClNO2. The highest BCUT2D eigenvalue weighted by atomic mass is 35.5. The van der Waals surface area contributed by atoms with E-state index in [1.54, 1.807) is 0 Å². The SMILES string of the molecule is Cl.NCC12C3C4C1C1C2C3C41C(=O)O. The number of halogens is 1. The predicted molar refractivity (Wildman–Crippen MR) is 49.7 cm³/mol. The minimum Gasteiger partial charge on any atom is -0.481 e. The zero-order chi connectivity index (χ0) is 8.75. The van der Waals surface area contributed by atoms with Crippen LogP contribution in [0, 0.1) is 46.3 Å². The van der Waals surface area contributed by atoms with Gasteiger partial charge in [-0.1, -0.05) is 0 Å². The van der Waals surface area contributed by atoms with Gasteiger partial charge in [0.1, 0.15) is 0 Å². The van der Waals surface area contributed by atoms with Gasteiger partial charge in [-0.25, -0.2) is 0 Å². The summed E-state index contributed by atoms with van der Waals surface area (Å²) >= 11 is 0. The summed E-state index contributed by atoms with van der Waals surface area (Å²) in [7, 11) is 0. The van der Waals surface area contributed by atoms with E-state index in [-0.39, 0.29) is 17.8 Å². The van der Waals surface area contributed by atoms with Gasteiger partial charge in [-0.3, -0.25) is 4.79 Å². The first-order valence-electron chi connectivity index (χ1n) is 5.17. The molecule has 3 N–H and O–H groups in total. The molecule has 0 saturated heterocycles. The highest BCUT2D eigenvalue weighted by Gasteiger charge is 3.11. The molecule has 0 atom stereocenters. The summed E-state index contributed by atoms with van der Waals surface area (Å²) in [6.07, 6.45) is 0. The third-order valence-corrected chi connectivity index (χ3v) is 6.56. The van der Waals surface area contributed by atoms with Crippen LogP contribution in [0.3, 0.4) is 0 Å². The van der Waals surface area contributed by atoms with E-state index >= 15 is 0 Å². The molecule has 0 aromatic carbocycles. The van der Waals surface area contributed by atoms with Gasteiger partial charge in [0.2, 0.25) is 0 Å². The smallest absolute Gasteiger partial charge is 0.310 e. The Kier molecular flexibility index (Phi) is 0.872. The number of carboxylic acid groups (broad SMARTS) is 1. The monoisotopic (exact) mass is 213 g/mol. The largest absolute Gasteiger partial charge is 0.481 e. The van der Waals surface area contributed by atoms with Gasteiger partial charge in [-0.15, -0.1) is 12.4 Å². The van der Waals surface area contributed by atoms with Gasteiger partial charge in [0.15, 0.2) is 0 Å². The number of carboxylic acids is 1. The van der Waals surface area contributed by atoms with Crippen LogP contribution in [0.1, 0.15) is 0 Å². The molecule has 0 amide bonds. The minimum absolute atomic E-state index is 0. The van der Waals surface area contributed by atoms with E-state index in [0.717, 1.165) is 24.3 Å². The molecule has 76 valence electrons. The first-order valence-corrected chi connectivity index (χ1v) is 5.17. The van der Waals surface area contributed by atoms with Gasteiger partial charge in [0.25, 0.3) is 0 Å². The predicted octanol–water partition coefficient (Wildman–Crippen LogP) is 0.189. The summed E-state index contributed by atoms with van der Waals surface area (Å²) in [6.45, 7) is 0.826. The molecule has 0 radical (unpaired) electrons. The van der Waals surface area contributed by atoms with E-state index in [2.05, 4.69) is 0 Å². The van der Waals surface area contributed by atoms with E-state index in [0.29, 0.717) is 23.2 Å². The third kappa shape index (κ3) is 0.285. The second-order valence-corrected chi connectivity index (χ2v) is 5.71. The maximum absolute atomic E-state index is 11.1. The van der Waals surface area contributed by atoms with Crippen molar-refractivity contribution in [3.8, 4) is 0 Å². The van der Waals surface area contributed by atoms with Crippen molar-refractivity contribution in [2.45, 2.75) is 0 Å². The van der Waals surface area contributed by atoms with Crippen molar-refractivity contribution in [2.75, 3.05) is 6.54 Å². The average Bonchev–Trinajstić information content (AvgIpc) is 2.16. The van der Waals surface area contributed by atoms with Gasteiger partial charge < -0.3 is 10.8 Å². The van der Waals surface area contributed by atoms with Crippen LogP contribution in [-0.4, -0.2) is 17.6 Å². The number of nitrogens with two attached hydrogens (primary N) is 1. The summed E-state index contributed by atoms with van der Waals surface area (Å²) in [5.74, 6) is 3.42. The summed E-state index contributed by atoms with van der Waals surface area (Å²) in [4.78, 5) is 11.1. The molecule has 0 aromatic rings. The lowest BCUT2D eigenvalue weighted by molar-refractivity contribution is -0.640. The number of rotatable bonds is 2. The maximum atomic E-state index is 11.1. The summed E-state index contributed by atoms with van der Waals surface area (Å²) in [5, 5.41) is 9.19. The van der Waals surface area contributed by atoms with Crippen LogP contribution in [0.2, 0.25) is 0 Å². The molecule has 0 aliphatic heterocycles. The topological polar surface area (TPSA) is 63.3 Å². The standard InChI is InChI=1S/C10H11NO2.ClH/c11-1-9-2-5-3(9)7-4(9)6(2)10(5,7)8(12)13;/h2-7H,1,11H2,(H,12,13);1H. The molecule has 4 heteroatoms. The summed E-state index contributed by atoms with van der Waals surface area (Å²) < 4.78 is 0. The zero-order valence-electron chi connectivity index (χ0n) is 7.51. The Hall–Kier alpha value is -0.280. The molecule has 0 aromatic heterocycles. The molecule has 0 heterocycles. The summed E-state index contributed by atoms with van der Waals surface area (Å²) in [5.41, 5.74) is 6.08. The van der Waals surface area contributed by atoms with Crippen LogP contribution in [0.15, 0.2) is 0 Å². The van der Waals surface area contributed by atoms with Gasteiger partial charge in [0.05, 0.1) is 5.41 Å². The Morgan fingerprint density at radius 2 is 1.57 bits per heavy atom. The fourth-order valence-electron chi connectivity index (χ4n) is 6.59. The van der Waals surface area contributed by atoms with Crippen molar-refractivity contribution in [3.63, 3.8) is 0 Å². The van der Waals surface area contributed by atoms with Crippen LogP contribution in [0.4, 0.5) is 0 Å². The van der Waals surface area contributed by atoms with Crippen molar-refractivity contribution < 1.29 is 9.90 Å². The van der Waals surface area contributed by atoms with E-state index in [9.17, 15) is 9.90 Å². The molecule has 6 aliphatic carbocycles. The van der Waals surface area contributed by atoms with Crippen molar-refractivity contribution in [1.29, 1.82) is 0 Å². The molecule has 0 spiro atoms. The van der Waals surface area contributed by atoms with E-state index in [1.165, 1.54) is 0 Å². The van der Waals surface area contributed by atoms with Crippen molar-refractivity contribution in [2.24, 2.45) is 52.1 Å². The van der Waals surface area contributed by atoms with Crippen LogP contribution in [0.25, 0.3) is 0 Å². The molecule has 6 saturated carbocycles. The van der Waals surface area contributed by atoms with Crippen LogP contribution in [0.5, 0.6) is 0 Å². The Morgan fingerprint density at radius 3 is 1.86 bits per heavy atom. The lowest BCUT2D eigenvalue weighted by Crippen LogP contribution is -3.11. The average molecular weight is 214 g/mol. The first-order chi connectivity index (χ1) is 6.24. The summed E-state index contributed by atoms with van der Waals surface area (Å²) in [6, 6.07) is 0. The molecule has 3 nitrogen and oxygen atoms in total. The Bertz CT molecular complexity index is 340. The van der Waals surface area contributed by atoms with Crippen molar-refractivity contribution in [3.05, 3.63) is 0 Å². The normalized spacial score (nSPS) is 76.4. The van der Waals surface area contributed by atoms with Gasteiger partial charge in [-0.05, 0) is 47.5 Å². The fourth-order valence-corrected chi connectivity index (χ4v) is 6.59. The first kappa shape index (κ1) is 7.94. The molecule has 6 fully saturated rings. The Balaban J connectivity index is 0.000000578. The third-order valence-electron chi connectivity index (χ3n) is 6.56. The fraction of sp³-hybridized carbons (Fsp3) is 0.900. The van der Waals surface area contributed by atoms with Crippen LogP contribution >= 0.6 is 12.4 Å². The number of hydrogen-bond donors (Lipinski definition) is 2. The Morgan fingerprint density at radius 1 is 1.14 bits per heavy atom. The maximum Gasteiger partial charge on any atom is 0.310 e. The van der Waals surface area contributed by atoms with E-state index in [4.69, 9.17) is 5.73 Å². The highest BCUT2D eigenvalue weighted by Crippen LogP contribution is 3.09. The Labute approximate surface area is 87.4 Å². The zero-order valence-corrected chi connectivity index (χ0v) is 8.33. The van der Waals surface area contributed by atoms with Crippen LogP contribution < -0.4 is 5.73 Å². The quantitative estimate of drug-likeness (QED) is 0.689. The van der Waals surface area contributed by atoms with Crippen molar-refractivity contribution >= 4 is 18.4 Å². The number of aliphatic carboxylic acids is 1. The van der Waals surface area contributed by atoms with Crippen molar-refractivity contribution in [1.82, 2.24) is 0 Å². The van der Waals surface area contributed by atoms with Crippen LogP contribution in [-0.2, 0) is 4.79 Å². The highest BCUT2D eigenvalue weighted by molar-refractivity contribution is 5.87. The molecule has 6 aliphatic rings. The van der Waals surface area contributed by atoms with E-state index in [1.807, 2.05) is 0 Å². The lowest BCUT2D eigenvalue weighted by Gasteiger charge is -3.10. The number of carbonyl (C=O) groups is 1. The second kappa shape index (κ2) is 1.54. The van der Waals surface area contributed by atoms with E-state index < -0.39 is 5.97 Å². The van der Waals surface area contributed by atoms with Gasteiger partial charge >= 0.3 is 5.97 Å². The molecular weight excluding hydrogens is 202 g/mol. The number of hydrogen-bond acceptors (Lipinski definition) is 2. The van der Waals surface area contributed by atoms with Gasteiger partial charge in [-0.2, -0.15) is 0 Å². The minimum atomic E-state index is -0.499. The van der Waals surface area contributed by atoms with Gasteiger partial charge in [0, 0.05) is 0 Å². The lowest BCUT2D eigenvalue weighted by atomic mass is 8.92. The molecule has 0 bridgehead atoms.